The molecule has 2 aromatic carbocycles. The first-order valence-corrected chi connectivity index (χ1v) is 12.5. The van der Waals surface area contributed by atoms with Gasteiger partial charge in [-0.15, -0.1) is 0 Å². The second-order valence-electron chi connectivity index (χ2n) is 8.15. The summed E-state index contributed by atoms with van der Waals surface area (Å²) in [6, 6.07) is 12.8. The first kappa shape index (κ1) is 21.9. The van der Waals surface area contributed by atoms with Crippen LogP contribution in [0.15, 0.2) is 57.8 Å². The first-order valence-electron chi connectivity index (χ1n) is 10.7. The predicted octanol–water partition coefficient (Wildman–Crippen LogP) is 5.56. The van der Waals surface area contributed by atoms with E-state index in [4.69, 9.17) is 16.0 Å². The smallest absolute Gasteiger partial charge is 0.336 e. The summed E-state index contributed by atoms with van der Waals surface area (Å²) in [5.41, 5.74) is 1.28. The van der Waals surface area contributed by atoms with E-state index in [0.717, 1.165) is 31.1 Å². The molecule has 1 aliphatic rings. The molecule has 1 fully saturated rings. The largest absolute Gasteiger partial charge is 0.478 e. The van der Waals surface area contributed by atoms with Crippen molar-refractivity contribution in [2.45, 2.75) is 30.6 Å². The molecule has 0 unspecified atom stereocenters. The van der Waals surface area contributed by atoms with Gasteiger partial charge in [0, 0.05) is 28.9 Å². The van der Waals surface area contributed by atoms with Crippen LogP contribution in [0, 0.1) is 0 Å². The van der Waals surface area contributed by atoms with Gasteiger partial charge in [0.25, 0.3) is 0 Å². The molecule has 1 N–H and O–H groups in total. The molecular weight excluding hydrogens is 464 g/mol. The van der Waals surface area contributed by atoms with Crippen molar-refractivity contribution >= 4 is 49.5 Å². The van der Waals surface area contributed by atoms with Crippen LogP contribution >= 0.6 is 11.6 Å². The molecule has 0 radical (unpaired) electrons. The van der Waals surface area contributed by atoms with Gasteiger partial charge in [-0.25, -0.2) is 18.2 Å². The third kappa shape index (κ3) is 4.10. The van der Waals surface area contributed by atoms with Crippen molar-refractivity contribution in [1.82, 2.24) is 9.29 Å². The van der Waals surface area contributed by atoms with E-state index < -0.39 is 16.0 Å². The van der Waals surface area contributed by atoms with E-state index in [1.807, 2.05) is 0 Å². The van der Waals surface area contributed by atoms with Crippen LogP contribution in [0.25, 0.3) is 33.3 Å². The molecule has 0 aliphatic carbocycles. The highest BCUT2D eigenvalue weighted by molar-refractivity contribution is 7.89. The summed E-state index contributed by atoms with van der Waals surface area (Å²) in [5, 5.41) is 11.5. The molecule has 0 spiro atoms. The Balaban J connectivity index is 1.62. The molecule has 7 nitrogen and oxygen atoms in total. The summed E-state index contributed by atoms with van der Waals surface area (Å²) < 4.78 is 33.8. The van der Waals surface area contributed by atoms with E-state index in [9.17, 15) is 18.3 Å². The molecule has 1 aliphatic heterocycles. The van der Waals surface area contributed by atoms with E-state index in [1.54, 1.807) is 30.3 Å². The lowest BCUT2D eigenvalue weighted by molar-refractivity contribution is 0.0699. The van der Waals surface area contributed by atoms with Crippen molar-refractivity contribution in [3.8, 4) is 11.5 Å². The molecule has 33 heavy (non-hydrogen) atoms. The number of nitrogens with zero attached hydrogens (tertiary/aromatic N) is 2. The highest BCUT2D eigenvalue weighted by atomic mass is 35.5. The standard InChI is InChI=1S/C24H21ClN2O5S/c25-16-5-8-22-15(11-16)12-23(32-22)21-14-19(24(28)29)18-13-17(6-7-20(18)26-21)33(30,31)27-9-3-1-2-4-10-27/h5-8,11-14H,1-4,9-10H2,(H,28,29). The molecule has 4 aromatic rings. The second-order valence-corrected chi connectivity index (χ2v) is 10.5. The maximum atomic E-state index is 13.2. The predicted molar refractivity (Wildman–Crippen MR) is 126 cm³/mol. The van der Waals surface area contributed by atoms with Gasteiger partial charge in [-0.05, 0) is 61.4 Å². The maximum Gasteiger partial charge on any atom is 0.336 e. The summed E-state index contributed by atoms with van der Waals surface area (Å²) in [4.78, 5) is 16.7. The van der Waals surface area contributed by atoms with E-state index in [2.05, 4.69) is 4.98 Å². The van der Waals surface area contributed by atoms with Gasteiger partial charge in [0.2, 0.25) is 10.0 Å². The fourth-order valence-electron chi connectivity index (χ4n) is 4.24. The molecule has 0 bridgehead atoms. The third-order valence-electron chi connectivity index (χ3n) is 5.94. The molecule has 2 aromatic heterocycles. The Kier molecular flexibility index (Phi) is 5.60. The summed E-state index contributed by atoms with van der Waals surface area (Å²) >= 11 is 6.05. The van der Waals surface area contributed by atoms with Crippen molar-refractivity contribution in [1.29, 1.82) is 0 Å². The number of fused-ring (bicyclic) bond motifs is 2. The van der Waals surface area contributed by atoms with Gasteiger partial charge in [-0.1, -0.05) is 24.4 Å². The Morgan fingerprint density at radius 1 is 1.00 bits per heavy atom. The number of hydrogen-bond donors (Lipinski definition) is 1. The number of halogens is 1. The van der Waals surface area contributed by atoms with Gasteiger partial charge in [-0.3, -0.25) is 0 Å². The van der Waals surface area contributed by atoms with E-state index in [0.29, 0.717) is 40.7 Å². The Morgan fingerprint density at radius 3 is 2.48 bits per heavy atom. The number of aromatic nitrogens is 1. The number of hydrogen-bond acceptors (Lipinski definition) is 5. The van der Waals surface area contributed by atoms with Crippen LogP contribution < -0.4 is 0 Å². The molecule has 170 valence electrons. The number of pyridine rings is 1. The van der Waals surface area contributed by atoms with Gasteiger partial charge >= 0.3 is 5.97 Å². The molecular formula is C24H21ClN2O5S. The highest BCUT2D eigenvalue weighted by Gasteiger charge is 2.26. The van der Waals surface area contributed by atoms with Crippen molar-refractivity contribution < 1.29 is 22.7 Å². The maximum absolute atomic E-state index is 13.2. The summed E-state index contributed by atoms with van der Waals surface area (Å²) in [6.07, 6.45) is 3.66. The third-order valence-corrected chi connectivity index (χ3v) is 8.07. The topological polar surface area (TPSA) is 101 Å². The minimum absolute atomic E-state index is 0.0404. The lowest BCUT2D eigenvalue weighted by atomic mass is 10.1. The van der Waals surface area contributed by atoms with Crippen molar-refractivity contribution in [2.75, 3.05) is 13.1 Å². The van der Waals surface area contributed by atoms with Crippen LogP contribution in [0.2, 0.25) is 5.02 Å². The number of rotatable bonds is 4. The van der Waals surface area contributed by atoms with Gasteiger partial charge in [0.05, 0.1) is 16.0 Å². The minimum Gasteiger partial charge on any atom is -0.478 e. The van der Waals surface area contributed by atoms with Crippen LogP contribution in [0.3, 0.4) is 0 Å². The lowest BCUT2D eigenvalue weighted by Gasteiger charge is -2.20. The average molecular weight is 485 g/mol. The van der Waals surface area contributed by atoms with Gasteiger partial charge in [-0.2, -0.15) is 4.31 Å². The monoisotopic (exact) mass is 484 g/mol. The van der Waals surface area contributed by atoms with Gasteiger partial charge < -0.3 is 9.52 Å². The van der Waals surface area contributed by atoms with Crippen molar-refractivity contribution in [2.24, 2.45) is 0 Å². The number of sulfonamides is 1. The molecule has 3 heterocycles. The second kappa shape index (κ2) is 8.44. The molecule has 0 amide bonds. The molecule has 1 saturated heterocycles. The van der Waals surface area contributed by atoms with Gasteiger partial charge in [0.15, 0.2) is 5.76 Å². The molecule has 5 rings (SSSR count). The average Bonchev–Trinajstić information content (AvgIpc) is 3.01. The van der Waals surface area contributed by atoms with Crippen molar-refractivity contribution in [3.63, 3.8) is 0 Å². The quantitative estimate of drug-likeness (QED) is 0.406. The van der Waals surface area contributed by atoms with Crippen LogP contribution in [0.1, 0.15) is 36.0 Å². The first-order chi connectivity index (χ1) is 15.8. The number of benzene rings is 2. The van der Waals surface area contributed by atoms with E-state index >= 15 is 0 Å². The van der Waals surface area contributed by atoms with Gasteiger partial charge in [0.1, 0.15) is 11.3 Å². The normalized spacial score (nSPS) is 15.7. The Hall–Kier alpha value is -2.94. The SMILES string of the molecule is O=C(O)c1cc(-c2cc3cc(Cl)ccc3o2)nc2ccc(S(=O)(=O)N3CCCCCC3)cc12. The molecule has 0 saturated carbocycles. The number of carboxylic acid groups (broad SMARTS) is 1. The Morgan fingerprint density at radius 2 is 1.76 bits per heavy atom. The van der Waals surface area contributed by atoms with E-state index in [1.165, 1.54) is 22.5 Å². The van der Waals surface area contributed by atoms with Crippen molar-refractivity contribution in [3.05, 3.63) is 59.1 Å². The number of furan rings is 1. The zero-order chi connectivity index (χ0) is 23.2. The Bertz CT molecular complexity index is 1490. The van der Waals surface area contributed by atoms with Crippen LogP contribution in [0.5, 0.6) is 0 Å². The number of aromatic carboxylic acids is 1. The number of carboxylic acids is 1. The molecule has 0 atom stereocenters. The fourth-order valence-corrected chi connectivity index (χ4v) is 5.96. The highest BCUT2D eigenvalue weighted by Crippen LogP contribution is 2.32. The van der Waals surface area contributed by atoms with Crippen LogP contribution in [-0.4, -0.2) is 41.9 Å². The van der Waals surface area contributed by atoms with Crippen LogP contribution in [0.4, 0.5) is 0 Å². The Labute approximate surface area is 195 Å². The summed E-state index contributed by atoms with van der Waals surface area (Å²) in [6.45, 7) is 0.943. The van der Waals surface area contributed by atoms with E-state index in [-0.39, 0.29) is 15.8 Å². The molecule has 9 heteroatoms. The summed E-state index contributed by atoms with van der Waals surface area (Å²) in [7, 11) is -3.72. The zero-order valence-corrected chi connectivity index (χ0v) is 19.2. The summed E-state index contributed by atoms with van der Waals surface area (Å²) in [5.74, 6) is -0.773. The fraction of sp³-hybridized carbons (Fsp3) is 0.250. The van der Waals surface area contributed by atoms with Crippen LogP contribution in [-0.2, 0) is 10.0 Å². The zero-order valence-electron chi connectivity index (χ0n) is 17.6. The number of carbonyl (C=O) groups is 1. The lowest BCUT2D eigenvalue weighted by Crippen LogP contribution is -2.31. The minimum atomic E-state index is -3.72.